The van der Waals surface area contributed by atoms with Gasteiger partial charge in [-0.25, -0.2) is 9.97 Å². The second kappa shape index (κ2) is 4.46. The Kier molecular flexibility index (Phi) is 3.54. The average molecular weight is 197 g/mol. The van der Waals surface area contributed by atoms with E-state index in [4.69, 9.17) is 5.73 Å². The third-order valence-corrected chi connectivity index (χ3v) is 3.34. The van der Waals surface area contributed by atoms with Crippen LogP contribution in [-0.4, -0.2) is 15.2 Å². The molecule has 0 aromatic carbocycles. The van der Waals surface area contributed by atoms with Gasteiger partial charge in [0.1, 0.15) is 17.2 Å². The van der Waals surface area contributed by atoms with Crippen molar-refractivity contribution in [2.45, 2.75) is 37.5 Å². The quantitative estimate of drug-likeness (QED) is 0.596. The van der Waals surface area contributed by atoms with E-state index in [2.05, 4.69) is 23.8 Å². The van der Waals surface area contributed by atoms with Gasteiger partial charge in [-0.05, 0) is 13.3 Å². The number of hydrogen-bond acceptors (Lipinski definition) is 4. The lowest BCUT2D eigenvalue weighted by Crippen LogP contribution is -2.00. The van der Waals surface area contributed by atoms with Crippen LogP contribution in [0, 0.1) is 6.92 Å². The van der Waals surface area contributed by atoms with E-state index in [1.165, 1.54) is 6.33 Å². The molecule has 0 aliphatic heterocycles. The molecule has 0 bridgehead atoms. The van der Waals surface area contributed by atoms with Crippen molar-refractivity contribution in [2.75, 3.05) is 5.73 Å². The minimum atomic E-state index is 0.577. The fraction of sp³-hybridized carbons (Fsp3) is 0.556. The standard InChI is InChI=1S/C9H15N3S/c1-4-6(2)13-9-7(3)8(10)11-5-12-9/h5-6H,4H2,1-3H3,(H2,10,11,12). The van der Waals surface area contributed by atoms with Gasteiger partial charge in [0.2, 0.25) is 0 Å². The molecule has 0 saturated heterocycles. The van der Waals surface area contributed by atoms with Crippen LogP contribution in [0.4, 0.5) is 5.82 Å². The monoisotopic (exact) mass is 197 g/mol. The molecule has 0 radical (unpaired) electrons. The highest BCUT2D eigenvalue weighted by Crippen LogP contribution is 2.27. The zero-order chi connectivity index (χ0) is 9.84. The summed E-state index contributed by atoms with van der Waals surface area (Å²) in [6, 6.07) is 0. The molecule has 13 heavy (non-hydrogen) atoms. The SMILES string of the molecule is CCC(C)Sc1ncnc(N)c1C. The Labute approximate surface area is 83.2 Å². The van der Waals surface area contributed by atoms with Gasteiger partial charge in [0.05, 0.1) is 0 Å². The van der Waals surface area contributed by atoms with Crippen LogP contribution >= 0.6 is 11.8 Å². The van der Waals surface area contributed by atoms with Crippen LogP contribution < -0.4 is 5.73 Å². The summed E-state index contributed by atoms with van der Waals surface area (Å²) in [5, 5.41) is 1.58. The number of nitrogens with zero attached hydrogens (tertiary/aromatic N) is 2. The summed E-state index contributed by atoms with van der Waals surface area (Å²) in [7, 11) is 0. The number of thioether (sulfide) groups is 1. The third kappa shape index (κ3) is 2.59. The Balaban J connectivity index is 2.83. The highest BCUT2D eigenvalue weighted by atomic mass is 32.2. The van der Waals surface area contributed by atoms with E-state index in [-0.39, 0.29) is 0 Å². The van der Waals surface area contributed by atoms with Gasteiger partial charge in [0, 0.05) is 10.8 Å². The second-order valence-electron chi connectivity index (χ2n) is 3.03. The van der Waals surface area contributed by atoms with Crippen molar-refractivity contribution in [3.8, 4) is 0 Å². The molecule has 0 amide bonds. The predicted molar refractivity (Wildman–Crippen MR) is 56.8 cm³/mol. The van der Waals surface area contributed by atoms with Gasteiger partial charge < -0.3 is 5.73 Å². The molecule has 0 aliphatic carbocycles. The molecule has 1 rings (SSSR count). The van der Waals surface area contributed by atoms with Crippen molar-refractivity contribution in [3.05, 3.63) is 11.9 Å². The Morgan fingerprint density at radius 2 is 2.23 bits per heavy atom. The lowest BCUT2D eigenvalue weighted by molar-refractivity contribution is 0.896. The Morgan fingerprint density at radius 1 is 1.54 bits per heavy atom. The van der Waals surface area contributed by atoms with Crippen LogP contribution in [0.2, 0.25) is 0 Å². The van der Waals surface area contributed by atoms with Gasteiger partial charge in [-0.15, -0.1) is 11.8 Å². The van der Waals surface area contributed by atoms with E-state index in [0.29, 0.717) is 11.1 Å². The Hall–Kier alpha value is -0.770. The van der Waals surface area contributed by atoms with Gasteiger partial charge in [0.15, 0.2) is 0 Å². The van der Waals surface area contributed by atoms with Crippen LogP contribution in [-0.2, 0) is 0 Å². The Bertz CT molecular complexity index is 288. The maximum Gasteiger partial charge on any atom is 0.130 e. The zero-order valence-corrected chi connectivity index (χ0v) is 9.06. The number of nitrogen functional groups attached to an aromatic ring is 1. The first-order chi connectivity index (χ1) is 6.15. The molecule has 1 heterocycles. The normalized spacial score (nSPS) is 12.8. The van der Waals surface area contributed by atoms with Gasteiger partial charge >= 0.3 is 0 Å². The smallest absolute Gasteiger partial charge is 0.130 e. The van der Waals surface area contributed by atoms with Gasteiger partial charge in [-0.3, -0.25) is 0 Å². The summed E-state index contributed by atoms with van der Waals surface area (Å²) in [4.78, 5) is 8.12. The van der Waals surface area contributed by atoms with Crippen LogP contribution in [0.25, 0.3) is 0 Å². The summed E-state index contributed by atoms with van der Waals surface area (Å²) in [6.07, 6.45) is 2.65. The van der Waals surface area contributed by atoms with E-state index >= 15 is 0 Å². The fourth-order valence-electron chi connectivity index (χ4n) is 0.839. The number of nitrogens with two attached hydrogens (primary N) is 1. The summed E-state index contributed by atoms with van der Waals surface area (Å²) in [5.41, 5.74) is 6.67. The predicted octanol–water partition coefficient (Wildman–Crippen LogP) is 2.26. The molecule has 4 heteroatoms. The van der Waals surface area contributed by atoms with Crippen LogP contribution in [0.3, 0.4) is 0 Å². The Morgan fingerprint density at radius 3 is 2.85 bits per heavy atom. The fourth-order valence-corrected chi connectivity index (χ4v) is 1.78. The first kappa shape index (κ1) is 10.3. The lowest BCUT2D eigenvalue weighted by Gasteiger charge is -2.09. The molecule has 1 aromatic rings. The average Bonchev–Trinajstić information content (AvgIpc) is 2.13. The van der Waals surface area contributed by atoms with Crippen LogP contribution in [0.5, 0.6) is 0 Å². The number of anilines is 1. The highest BCUT2D eigenvalue weighted by Gasteiger charge is 2.08. The number of hydrogen-bond donors (Lipinski definition) is 1. The third-order valence-electron chi connectivity index (χ3n) is 1.96. The molecular formula is C9H15N3S. The molecule has 3 nitrogen and oxygen atoms in total. The molecule has 0 saturated carbocycles. The van der Waals surface area contributed by atoms with E-state index in [9.17, 15) is 0 Å². The second-order valence-corrected chi connectivity index (χ2v) is 4.45. The topological polar surface area (TPSA) is 51.8 Å². The number of rotatable bonds is 3. The van der Waals surface area contributed by atoms with E-state index in [1.807, 2.05) is 6.92 Å². The molecular weight excluding hydrogens is 182 g/mol. The maximum atomic E-state index is 5.67. The minimum absolute atomic E-state index is 0.577. The molecule has 1 unspecified atom stereocenters. The minimum Gasteiger partial charge on any atom is -0.383 e. The van der Waals surface area contributed by atoms with Crippen molar-refractivity contribution >= 4 is 17.6 Å². The van der Waals surface area contributed by atoms with Crippen molar-refractivity contribution in [1.82, 2.24) is 9.97 Å². The van der Waals surface area contributed by atoms with Crippen LogP contribution in [0.1, 0.15) is 25.8 Å². The van der Waals surface area contributed by atoms with Crippen molar-refractivity contribution in [1.29, 1.82) is 0 Å². The molecule has 1 aromatic heterocycles. The summed E-state index contributed by atoms with van der Waals surface area (Å²) in [6.45, 7) is 6.31. The number of aromatic nitrogens is 2. The molecule has 0 spiro atoms. The molecule has 1 atom stereocenters. The van der Waals surface area contributed by atoms with Crippen LogP contribution in [0.15, 0.2) is 11.4 Å². The van der Waals surface area contributed by atoms with Crippen molar-refractivity contribution in [2.24, 2.45) is 0 Å². The van der Waals surface area contributed by atoms with Crippen molar-refractivity contribution < 1.29 is 0 Å². The van der Waals surface area contributed by atoms with E-state index in [0.717, 1.165) is 17.0 Å². The van der Waals surface area contributed by atoms with Crippen molar-refractivity contribution in [3.63, 3.8) is 0 Å². The summed E-state index contributed by atoms with van der Waals surface area (Å²) < 4.78 is 0. The zero-order valence-electron chi connectivity index (χ0n) is 8.24. The van der Waals surface area contributed by atoms with Gasteiger partial charge in [0.25, 0.3) is 0 Å². The first-order valence-corrected chi connectivity index (χ1v) is 5.26. The van der Waals surface area contributed by atoms with Gasteiger partial charge in [-0.2, -0.15) is 0 Å². The summed E-state index contributed by atoms with van der Waals surface area (Å²) >= 11 is 1.75. The first-order valence-electron chi connectivity index (χ1n) is 4.38. The molecule has 0 fully saturated rings. The largest absolute Gasteiger partial charge is 0.383 e. The molecule has 0 aliphatic rings. The lowest BCUT2D eigenvalue weighted by atomic mass is 10.3. The highest BCUT2D eigenvalue weighted by molar-refractivity contribution is 7.99. The van der Waals surface area contributed by atoms with E-state index < -0.39 is 0 Å². The molecule has 2 N–H and O–H groups in total. The van der Waals surface area contributed by atoms with Gasteiger partial charge in [-0.1, -0.05) is 13.8 Å². The van der Waals surface area contributed by atoms with E-state index in [1.54, 1.807) is 11.8 Å². The maximum absolute atomic E-state index is 5.67. The molecule has 72 valence electrons. The summed E-state index contributed by atoms with van der Waals surface area (Å²) in [5.74, 6) is 0.584.